The van der Waals surface area contributed by atoms with Crippen molar-refractivity contribution < 1.29 is 39.6 Å². The van der Waals surface area contributed by atoms with Crippen LogP contribution in [-0.4, -0.2) is 44.3 Å². The van der Waals surface area contributed by atoms with Crippen LogP contribution >= 0.6 is 0 Å². The summed E-state index contributed by atoms with van der Waals surface area (Å²) in [4.78, 5) is 42.2. The first-order valence-corrected chi connectivity index (χ1v) is 33.9. The van der Waals surface area contributed by atoms with E-state index in [2.05, 4.69) is 101 Å². The van der Waals surface area contributed by atoms with Gasteiger partial charge in [-0.3, -0.25) is 19.2 Å². The van der Waals surface area contributed by atoms with Crippen LogP contribution in [0.5, 0.6) is 0 Å². The fourth-order valence-electron chi connectivity index (χ4n) is 10.8. The van der Waals surface area contributed by atoms with Crippen molar-refractivity contribution in [2.24, 2.45) is 23.7 Å². The van der Waals surface area contributed by atoms with Crippen LogP contribution in [0, 0.1) is 23.7 Å². The zero-order valence-electron chi connectivity index (χ0n) is 52.6. The van der Waals surface area contributed by atoms with Crippen molar-refractivity contribution in [1.29, 1.82) is 0 Å². The van der Waals surface area contributed by atoms with E-state index in [-0.39, 0.29) is 0 Å². The van der Waals surface area contributed by atoms with Gasteiger partial charge < -0.3 is 20.4 Å². The maximum Gasteiger partial charge on any atom is 0.303 e. The van der Waals surface area contributed by atoms with E-state index in [1.54, 1.807) is 0 Å². The Morgan fingerprint density at radius 3 is 0.887 bits per heavy atom. The molecule has 80 heavy (non-hydrogen) atoms. The lowest BCUT2D eigenvalue weighted by atomic mass is 9.66. The van der Waals surface area contributed by atoms with Gasteiger partial charge in [-0.05, 0) is 133 Å². The molecule has 1 rings (SSSR count). The molecular formula is C72H128O8. The summed E-state index contributed by atoms with van der Waals surface area (Å²) < 4.78 is 0. The summed E-state index contributed by atoms with van der Waals surface area (Å²) in [5.41, 5.74) is 0. The average Bonchev–Trinajstić information content (AvgIpc) is 3.44. The van der Waals surface area contributed by atoms with Crippen LogP contribution in [0.2, 0.25) is 0 Å². The lowest BCUT2D eigenvalue weighted by molar-refractivity contribution is -0.138. The van der Waals surface area contributed by atoms with Gasteiger partial charge in [-0.1, -0.05) is 274 Å². The van der Waals surface area contributed by atoms with Gasteiger partial charge in [0, 0.05) is 25.7 Å². The van der Waals surface area contributed by atoms with E-state index in [0.29, 0.717) is 43.4 Å². The predicted octanol–water partition coefficient (Wildman–Crippen LogP) is 22.9. The first-order valence-electron chi connectivity index (χ1n) is 33.9. The van der Waals surface area contributed by atoms with Gasteiger partial charge in [-0.15, -0.1) is 0 Å². The molecular weight excluding hydrogens is 993 g/mol. The Labute approximate surface area is 493 Å². The molecule has 0 saturated carbocycles. The number of carbonyl (C=O) groups is 4. The zero-order valence-corrected chi connectivity index (χ0v) is 52.6. The van der Waals surface area contributed by atoms with Crippen LogP contribution in [0.15, 0.2) is 72.9 Å². The van der Waals surface area contributed by atoms with E-state index in [1.807, 2.05) is 0 Å². The zero-order chi connectivity index (χ0) is 59.0. The van der Waals surface area contributed by atoms with Gasteiger partial charge in [-0.25, -0.2) is 0 Å². The third kappa shape index (κ3) is 60.4. The monoisotopic (exact) mass is 1120 g/mol. The molecule has 0 saturated heterocycles. The number of carboxylic acid groups (broad SMARTS) is 4. The lowest BCUT2D eigenvalue weighted by Crippen LogP contribution is -2.30. The number of rotatable bonds is 55. The molecule has 0 aliphatic heterocycles. The number of allylic oxidation sites excluding steroid dienone is 12. The highest BCUT2D eigenvalue weighted by molar-refractivity contribution is 5.67. The van der Waals surface area contributed by atoms with Crippen molar-refractivity contribution in [2.45, 2.75) is 336 Å². The molecule has 4 atom stereocenters. The van der Waals surface area contributed by atoms with E-state index in [9.17, 15) is 19.2 Å². The Morgan fingerprint density at radius 1 is 0.300 bits per heavy atom. The van der Waals surface area contributed by atoms with E-state index in [0.717, 1.165) is 95.8 Å². The van der Waals surface area contributed by atoms with E-state index >= 15 is 0 Å². The largest absolute Gasteiger partial charge is 0.481 e. The molecule has 0 aromatic carbocycles. The number of hydrogen-bond acceptors (Lipinski definition) is 4. The van der Waals surface area contributed by atoms with Gasteiger partial charge in [-0.2, -0.15) is 0 Å². The third-order valence-electron chi connectivity index (χ3n) is 15.7. The summed E-state index contributed by atoms with van der Waals surface area (Å²) in [6.07, 6.45) is 82.0. The van der Waals surface area contributed by atoms with Crippen LogP contribution in [0.4, 0.5) is 0 Å². The minimum atomic E-state index is -0.674. The smallest absolute Gasteiger partial charge is 0.303 e. The van der Waals surface area contributed by atoms with Gasteiger partial charge in [0.05, 0.1) is 0 Å². The maximum atomic E-state index is 10.8. The Kier molecular flexibility index (Phi) is 63.2. The van der Waals surface area contributed by atoms with Crippen LogP contribution in [-0.2, 0) is 19.2 Å². The third-order valence-corrected chi connectivity index (χ3v) is 15.7. The van der Waals surface area contributed by atoms with Crippen molar-refractivity contribution >= 4 is 23.9 Å². The average molecular weight is 1120 g/mol. The minimum Gasteiger partial charge on any atom is -0.481 e. The highest BCUT2D eigenvalue weighted by Crippen LogP contribution is 2.43. The second-order valence-corrected chi connectivity index (χ2v) is 23.3. The van der Waals surface area contributed by atoms with Gasteiger partial charge in [0.2, 0.25) is 0 Å². The number of unbranched alkanes of at least 4 members (excludes halogenated alkanes) is 33. The molecule has 8 heteroatoms. The van der Waals surface area contributed by atoms with Crippen molar-refractivity contribution in [2.75, 3.05) is 0 Å². The van der Waals surface area contributed by atoms with Crippen molar-refractivity contribution in [3.05, 3.63) is 72.9 Å². The fraction of sp³-hybridized carbons (Fsp3) is 0.778. The second-order valence-electron chi connectivity index (χ2n) is 23.3. The van der Waals surface area contributed by atoms with Gasteiger partial charge in [0.15, 0.2) is 0 Å². The van der Waals surface area contributed by atoms with Crippen LogP contribution < -0.4 is 0 Å². The molecule has 0 fully saturated rings. The molecule has 0 aromatic heterocycles. The summed E-state index contributed by atoms with van der Waals surface area (Å²) in [5.74, 6) is -0.0275. The van der Waals surface area contributed by atoms with Gasteiger partial charge in [0.1, 0.15) is 0 Å². The second kappa shape index (κ2) is 64.5. The minimum absolute atomic E-state index is 0.303. The predicted molar refractivity (Wildman–Crippen MR) is 344 cm³/mol. The molecule has 0 amide bonds. The quantitative estimate of drug-likeness (QED) is 0.0267. The Bertz CT molecular complexity index is 1500. The highest BCUT2D eigenvalue weighted by Gasteiger charge is 2.33. The SMILES string of the molecule is CCCCCC/C=C\C1C(CCCCCCCC(=O)O)C=CC(CCCCCC)C1CCCCCCCC(=O)O.CCCCCC/C=C\C=C/CCCCCCCC(=O)O.CCCCCC/C=C\C=C/CCCCCCCC(=O)O. The number of aliphatic carboxylic acids is 4. The fourth-order valence-corrected chi connectivity index (χ4v) is 10.8. The van der Waals surface area contributed by atoms with E-state index in [1.165, 1.54) is 193 Å². The topological polar surface area (TPSA) is 149 Å². The number of carboxylic acids is 4. The summed E-state index contributed by atoms with van der Waals surface area (Å²) in [6.45, 7) is 9.05. The Morgan fingerprint density at radius 2 is 0.550 bits per heavy atom. The standard InChI is InChI=1S/C36H64O4.2C18H32O2/c1-3-5-7-9-13-19-25-34-32(24-18-12-10-15-21-27-35(37)38)30-29-31(23-17-8-6-4-2)33(34)26-20-14-11-16-22-28-36(39)40;2*1-2-3-4-5-6-7-8-9-10-11-12-13-14-15-16-17-18(19)20/h19,25,29-34H,3-18,20-24,26-28H2,1-2H3,(H,37,38)(H,39,40);2*7-10H,2-6,11-17H2,1H3,(H,19,20)/b25-19-;2*8-7-,10-9-. The summed E-state index contributed by atoms with van der Waals surface area (Å²) in [6, 6.07) is 0. The summed E-state index contributed by atoms with van der Waals surface area (Å²) in [7, 11) is 0. The molecule has 0 bridgehead atoms. The molecule has 0 spiro atoms. The van der Waals surface area contributed by atoms with Crippen LogP contribution in [0.1, 0.15) is 336 Å². The summed E-state index contributed by atoms with van der Waals surface area (Å²) >= 11 is 0. The van der Waals surface area contributed by atoms with Crippen molar-refractivity contribution in [3.8, 4) is 0 Å². The highest BCUT2D eigenvalue weighted by atomic mass is 16.4. The molecule has 1 aliphatic carbocycles. The summed E-state index contributed by atoms with van der Waals surface area (Å²) in [5, 5.41) is 34.8. The lowest BCUT2D eigenvalue weighted by Gasteiger charge is -2.39. The normalized spacial score (nSPS) is 16.2. The van der Waals surface area contributed by atoms with Crippen molar-refractivity contribution in [1.82, 2.24) is 0 Å². The Hall–Kier alpha value is -3.68. The molecule has 4 N–H and O–H groups in total. The molecule has 8 nitrogen and oxygen atoms in total. The van der Waals surface area contributed by atoms with Gasteiger partial charge >= 0.3 is 23.9 Å². The first-order chi connectivity index (χ1) is 39.0. The maximum absolute atomic E-state index is 10.8. The van der Waals surface area contributed by atoms with E-state index in [4.69, 9.17) is 20.4 Å². The number of hydrogen-bond donors (Lipinski definition) is 4. The van der Waals surface area contributed by atoms with Crippen molar-refractivity contribution in [3.63, 3.8) is 0 Å². The Balaban J connectivity index is 0. The molecule has 4 unspecified atom stereocenters. The van der Waals surface area contributed by atoms with E-state index < -0.39 is 23.9 Å². The van der Waals surface area contributed by atoms with Gasteiger partial charge in [0.25, 0.3) is 0 Å². The molecule has 0 radical (unpaired) electrons. The van der Waals surface area contributed by atoms with Crippen LogP contribution in [0.3, 0.4) is 0 Å². The van der Waals surface area contributed by atoms with Crippen LogP contribution in [0.25, 0.3) is 0 Å². The first kappa shape index (κ1) is 78.4. The molecule has 464 valence electrons. The molecule has 0 heterocycles. The molecule has 0 aromatic rings. The molecule has 1 aliphatic rings.